The van der Waals surface area contributed by atoms with Crippen LogP contribution in [0.15, 0.2) is 42.5 Å². The van der Waals surface area contributed by atoms with Gasteiger partial charge in [0.25, 0.3) is 0 Å². The van der Waals surface area contributed by atoms with E-state index in [0.717, 1.165) is 30.5 Å². The normalized spacial score (nSPS) is 14.2. The Bertz CT molecular complexity index is 764. The first-order chi connectivity index (χ1) is 12.6. The largest absolute Gasteiger partial charge is 0.382 e. The van der Waals surface area contributed by atoms with Crippen LogP contribution in [0.3, 0.4) is 0 Å². The van der Waals surface area contributed by atoms with Crippen molar-refractivity contribution in [3.8, 4) is 0 Å². The number of benzene rings is 2. The van der Waals surface area contributed by atoms with Gasteiger partial charge in [0.1, 0.15) is 11.6 Å². The molecule has 0 unspecified atom stereocenters. The van der Waals surface area contributed by atoms with Crippen LogP contribution in [-0.2, 0) is 9.53 Å². The lowest BCUT2D eigenvalue weighted by molar-refractivity contribution is -0.115. The fraction of sp³-hybridized carbons (Fsp3) is 0.316. The maximum absolute atomic E-state index is 13.6. The molecule has 26 heavy (non-hydrogen) atoms. The van der Waals surface area contributed by atoms with Gasteiger partial charge in [-0.1, -0.05) is 12.1 Å². The molecule has 1 aliphatic heterocycles. The minimum atomic E-state index is -0.678. The molecule has 0 radical (unpaired) electrons. The molecule has 0 atom stereocenters. The Labute approximate surface area is 151 Å². The van der Waals surface area contributed by atoms with Crippen molar-refractivity contribution >= 4 is 23.0 Å². The van der Waals surface area contributed by atoms with Gasteiger partial charge in [0, 0.05) is 32.1 Å². The zero-order valence-electron chi connectivity index (χ0n) is 14.3. The second kappa shape index (κ2) is 8.62. The average molecular weight is 361 g/mol. The van der Waals surface area contributed by atoms with Crippen molar-refractivity contribution < 1.29 is 18.3 Å². The van der Waals surface area contributed by atoms with Gasteiger partial charge in [0.05, 0.1) is 30.3 Å². The van der Waals surface area contributed by atoms with Crippen LogP contribution in [-0.4, -0.2) is 38.8 Å². The van der Waals surface area contributed by atoms with Crippen molar-refractivity contribution in [1.29, 1.82) is 0 Å². The number of hydrogen-bond acceptors (Lipinski definition) is 4. The molecule has 1 heterocycles. The quantitative estimate of drug-likeness (QED) is 0.829. The van der Waals surface area contributed by atoms with Crippen molar-refractivity contribution in [3.63, 3.8) is 0 Å². The van der Waals surface area contributed by atoms with Gasteiger partial charge in [-0.3, -0.25) is 4.79 Å². The van der Waals surface area contributed by atoms with Crippen LogP contribution in [0, 0.1) is 11.6 Å². The number of amides is 1. The van der Waals surface area contributed by atoms with E-state index in [1.54, 1.807) is 0 Å². The minimum absolute atomic E-state index is 0.161. The van der Waals surface area contributed by atoms with E-state index in [0.29, 0.717) is 13.2 Å². The number of nitrogens with zero attached hydrogens (tertiary/aromatic N) is 1. The van der Waals surface area contributed by atoms with Crippen LogP contribution in [0.1, 0.15) is 6.42 Å². The Kier molecular flexibility index (Phi) is 6.01. The lowest BCUT2D eigenvalue weighted by Gasteiger charge is -2.30. The van der Waals surface area contributed by atoms with Gasteiger partial charge < -0.3 is 20.3 Å². The number of morpholine rings is 1. The van der Waals surface area contributed by atoms with Crippen molar-refractivity contribution in [2.24, 2.45) is 0 Å². The minimum Gasteiger partial charge on any atom is -0.382 e. The molecule has 1 saturated heterocycles. The van der Waals surface area contributed by atoms with E-state index in [1.165, 1.54) is 12.1 Å². The van der Waals surface area contributed by atoms with Crippen molar-refractivity contribution in [2.45, 2.75) is 6.42 Å². The fourth-order valence-electron chi connectivity index (χ4n) is 2.82. The number of halogens is 2. The number of carbonyl (C=O) groups excluding carboxylic acids is 1. The molecule has 2 aromatic carbocycles. The first-order valence-corrected chi connectivity index (χ1v) is 8.54. The number of para-hydroxylation sites is 2. The van der Waals surface area contributed by atoms with Gasteiger partial charge in [0.15, 0.2) is 0 Å². The smallest absolute Gasteiger partial charge is 0.226 e. The Morgan fingerprint density at radius 3 is 2.62 bits per heavy atom. The third kappa shape index (κ3) is 4.70. The SMILES string of the molecule is O=C(CCNc1ccc(F)cc1F)Nc1ccccc1N1CCOCC1. The highest BCUT2D eigenvalue weighted by atomic mass is 19.1. The van der Waals surface area contributed by atoms with Crippen LogP contribution in [0.2, 0.25) is 0 Å². The molecule has 5 nitrogen and oxygen atoms in total. The first-order valence-electron chi connectivity index (χ1n) is 8.54. The summed E-state index contributed by atoms with van der Waals surface area (Å²) < 4.78 is 31.8. The predicted octanol–water partition coefficient (Wildman–Crippen LogP) is 3.24. The Morgan fingerprint density at radius 2 is 1.85 bits per heavy atom. The summed E-state index contributed by atoms with van der Waals surface area (Å²) in [5, 5.41) is 5.71. The van der Waals surface area contributed by atoms with Crippen molar-refractivity contribution in [1.82, 2.24) is 0 Å². The summed E-state index contributed by atoms with van der Waals surface area (Å²) in [6, 6.07) is 10.9. The molecule has 0 aliphatic carbocycles. The molecule has 138 valence electrons. The Morgan fingerprint density at radius 1 is 1.08 bits per heavy atom. The number of hydrogen-bond donors (Lipinski definition) is 2. The standard InChI is InChI=1S/C19H21F2N3O2/c20-14-5-6-16(15(21)13-14)22-8-7-19(25)23-17-3-1-2-4-18(17)24-9-11-26-12-10-24/h1-6,13,22H,7-12H2,(H,23,25). The molecule has 1 amide bonds. The third-order valence-electron chi connectivity index (χ3n) is 4.13. The summed E-state index contributed by atoms with van der Waals surface area (Å²) in [6.45, 7) is 3.12. The number of nitrogens with one attached hydrogen (secondary N) is 2. The molecule has 7 heteroatoms. The zero-order chi connectivity index (χ0) is 18.4. The molecule has 3 rings (SSSR count). The summed E-state index contributed by atoms with van der Waals surface area (Å²) in [5.74, 6) is -1.49. The monoisotopic (exact) mass is 361 g/mol. The van der Waals surface area contributed by atoms with Crippen LogP contribution in [0.5, 0.6) is 0 Å². The third-order valence-corrected chi connectivity index (χ3v) is 4.13. The van der Waals surface area contributed by atoms with Gasteiger partial charge >= 0.3 is 0 Å². The molecule has 2 N–H and O–H groups in total. The van der Waals surface area contributed by atoms with Crippen LogP contribution >= 0.6 is 0 Å². The van der Waals surface area contributed by atoms with Crippen molar-refractivity contribution in [3.05, 3.63) is 54.1 Å². The van der Waals surface area contributed by atoms with Crippen LogP contribution in [0.25, 0.3) is 0 Å². The van der Waals surface area contributed by atoms with Crippen LogP contribution < -0.4 is 15.5 Å². The number of carbonyl (C=O) groups is 1. The summed E-state index contributed by atoms with van der Waals surface area (Å²) in [5.41, 5.74) is 1.88. The first kappa shape index (κ1) is 18.1. The predicted molar refractivity (Wildman–Crippen MR) is 97.6 cm³/mol. The number of anilines is 3. The molecule has 0 bridgehead atoms. The molecule has 2 aromatic rings. The summed E-state index contributed by atoms with van der Waals surface area (Å²) in [6.07, 6.45) is 0.161. The second-order valence-electron chi connectivity index (χ2n) is 5.97. The van der Waals surface area contributed by atoms with E-state index >= 15 is 0 Å². The fourth-order valence-corrected chi connectivity index (χ4v) is 2.82. The Balaban J connectivity index is 1.55. The van der Waals surface area contributed by atoms with Gasteiger partial charge in [-0.15, -0.1) is 0 Å². The average Bonchev–Trinajstić information content (AvgIpc) is 2.65. The maximum atomic E-state index is 13.6. The zero-order valence-corrected chi connectivity index (χ0v) is 14.3. The highest BCUT2D eigenvalue weighted by molar-refractivity contribution is 5.94. The van der Waals surface area contributed by atoms with E-state index in [-0.39, 0.29) is 24.6 Å². The van der Waals surface area contributed by atoms with Gasteiger partial charge in [0.2, 0.25) is 5.91 Å². The lowest BCUT2D eigenvalue weighted by atomic mass is 10.2. The van der Waals surface area contributed by atoms with E-state index in [1.807, 2.05) is 24.3 Å². The Hall–Kier alpha value is -2.67. The summed E-state index contributed by atoms with van der Waals surface area (Å²) in [7, 11) is 0. The number of ether oxygens (including phenoxy) is 1. The van der Waals surface area contributed by atoms with E-state index < -0.39 is 11.6 Å². The van der Waals surface area contributed by atoms with Crippen LogP contribution in [0.4, 0.5) is 25.8 Å². The molecular formula is C19H21F2N3O2. The maximum Gasteiger partial charge on any atom is 0.226 e. The lowest BCUT2D eigenvalue weighted by Crippen LogP contribution is -2.36. The van der Waals surface area contributed by atoms with E-state index in [9.17, 15) is 13.6 Å². The summed E-state index contributed by atoms with van der Waals surface area (Å²) in [4.78, 5) is 14.4. The second-order valence-corrected chi connectivity index (χ2v) is 5.97. The molecular weight excluding hydrogens is 340 g/mol. The van der Waals surface area contributed by atoms with Gasteiger partial charge in [-0.25, -0.2) is 8.78 Å². The molecule has 0 spiro atoms. The van der Waals surface area contributed by atoms with Gasteiger partial charge in [-0.2, -0.15) is 0 Å². The molecule has 0 saturated carbocycles. The van der Waals surface area contributed by atoms with Gasteiger partial charge in [-0.05, 0) is 24.3 Å². The highest BCUT2D eigenvalue weighted by Gasteiger charge is 2.15. The summed E-state index contributed by atoms with van der Waals surface area (Å²) >= 11 is 0. The van der Waals surface area contributed by atoms with E-state index in [2.05, 4.69) is 15.5 Å². The molecule has 1 fully saturated rings. The highest BCUT2D eigenvalue weighted by Crippen LogP contribution is 2.26. The number of rotatable bonds is 6. The topological polar surface area (TPSA) is 53.6 Å². The van der Waals surface area contributed by atoms with E-state index in [4.69, 9.17) is 4.74 Å². The van der Waals surface area contributed by atoms with Crippen molar-refractivity contribution in [2.75, 3.05) is 48.4 Å². The molecule has 0 aromatic heterocycles. The molecule has 1 aliphatic rings.